The zero-order chi connectivity index (χ0) is 40.7. The Bertz CT molecular complexity index is 2440. The van der Waals surface area contributed by atoms with Crippen LogP contribution >= 0.6 is 45.9 Å². The fourth-order valence-electron chi connectivity index (χ4n) is 5.11. The lowest BCUT2D eigenvalue weighted by molar-refractivity contribution is -0.383. The molecule has 56 heavy (non-hydrogen) atoms. The van der Waals surface area contributed by atoms with Gasteiger partial charge in [0.05, 0.1) is 67.6 Å². The second-order valence-corrected chi connectivity index (χ2v) is 14.1. The van der Waals surface area contributed by atoms with Gasteiger partial charge in [0.2, 0.25) is 5.75 Å². The molecule has 16 nitrogen and oxygen atoms in total. The van der Waals surface area contributed by atoms with Crippen LogP contribution in [-0.2, 0) is 31.9 Å². The molecule has 20 heteroatoms. The van der Waals surface area contributed by atoms with Crippen molar-refractivity contribution in [1.29, 1.82) is 0 Å². The Morgan fingerprint density at radius 2 is 1.16 bits per heavy atom. The molecule has 0 bridgehead atoms. The van der Waals surface area contributed by atoms with E-state index < -0.39 is 16.9 Å². The van der Waals surface area contributed by atoms with E-state index in [0.717, 1.165) is 26.7 Å². The van der Waals surface area contributed by atoms with Crippen molar-refractivity contribution < 1.29 is 42.9 Å². The lowest BCUT2D eigenvalue weighted by atomic mass is 10.1. The van der Waals surface area contributed by atoms with Gasteiger partial charge < -0.3 is 44.8 Å². The minimum Gasteiger partial charge on any atom is -0.493 e. The summed E-state index contributed by atoms with van der Waals surface area (Å²) in [4.78, 5) is 43.0. The molecule has 0 radical (unpaired) electrons. The number of nitro benzene ring substituents is 1. The molecular formula is C36H34Cl2N6O10S2. The molecule has 0 aliphatic heterocycles. The molecule has 2 aromatic heterocycles. The fourth-order valence-corrected chi connectivity index (χ4v) is 7.35. The van der Waals surface area contributed by atoms with Gasteiger partial charge in [-0.2, -0.15) is 0 Å². The van der Waals surface area contributed by atoms with E-state index in [4.69, 9.17) is 47.9 Å². The van der Waals surface area contributed by atoms with Crippen molar-refractivity contribution in [3.8, 4) is 34.5 Å². The van der Waals surface area contributed by atoms with Crippen molar-refractivity contribution in [2.45, 2.75) is 12.8 Å². The largest absolute Gasteiger partial charge is 0.493 e. The van der Waals surface area contributed by atoms with Crippen molar-refractivity contribution in [3.05, 3.63) is 79.8 Å². The van der Waals surface area contributed by atoms with Crippen molar-refractivity contribution in [1.82, 2.24) is 9.97 Å². The zero-order valence-corrected chi connectivity index (χ0v) is 33.8. The van der Waals surface area contributed by atoms with Crippen molar-refractivity contribution in [3.63, 3.8) is 0 Å². The van der Waals surface area contributed by atoms with Gasteiger partial charge >= 0.3 is 17.6 Å². The third kappa shape index (κ3) is 9.16. The maximum Gasteiger partial charge on any atom is 0.330 e. The molecule has 4 N–H and O–H groups in total. The van der Waals surface area contributed by atoms with E-state index in [0.29, 0.717) is 54.4 Å². The number of anilines is 3. The summed E-state index contributed by atoms with van der Waals surface area (Å²) in [6.45, 7) is 0. The Labute approximate surface area is 337 Å². The first-order valence-corrected chi connectivity index (χ1v) is 18.6. The highest BCUT2D eigenvalue weighted by Crippen LogP contribution is 2.45. The Hall–Kier alpha value is -5.82. The van der Waals surface area contributed by atoms with Gasteiger partial charge in [0, 0.05) is 36.3 Å². The first-order valence-electron chi connectivity index (χ1n) is 16.2. The molecule has 0 unspecified atom stereocenters. The van der Waals surface area contributed by atoms with Crippen LogP contribution in [-0.4, -0.2) is 69.4 Å². The molecule has 294 valence electrons. The fraction of sp³-hybridized carbons (Fsp3) is 0.222. The second kappa shape index (κ2) is 18.2. The Morgan fingerprint density at radius 1 is 0.714 bits per heavy atom. The maximum atomic E-state index is 11.7. The Morgan fingerprint density at radius 3 is 1.61 bits per heavy atom. The van der Waals surface area contributed by atoms with E-state index in [9.17, 15) is 19.7 Å². The molecule has 4 aromatic carbocycles. The van der Waals surface area contributed by atoms with Crippen LogP contribution in [0.3, 0.4) is 0 Å². The average Bonchev–Trinajstić information content (AvgIpc) is 3.82. The van der Waals surface area contributed by atoms with Crippen LogP contribution in [0.1, 0.15) is 11.1 Å². The smallest absolute Gasteiger partial charge is 0.330 e. The quantitative estimate of drug-likeness (QED) is 0.0431. The van der Waals surface area contributed by atoms with Crippen LogP contribution in [0.15, 0.2) is 48.5 Å². The number of esters is 2. The number of hydrogen-bond donors (Lipinski definition) is 3. The number of nitrogens with one attached hydrogen (secondary N) is 2. The first kappa shape index (κ1) is 41.3. The summed E-state index contributed by atoms with van der Waals surface area (Å²) in [5, 5.41) is 19.5. The molecule has 0 fully saturated rings. The molecule has 0 spiro atoms. The summed E-state index contributed by atoms with van der Waals surface area (Å²) in [5.41, 5.74) is 8.86. The van der Waals surface area contributed by atoms with Crippen LogP contribution in [0, 0.1) is 10.1 Å². The molecule has 0 saturated carbocycles. The van der Waals surface area contributed by atoms with Crippen LogP contribution in [0.5, 0.6) is 34.5 Å². The number of carbonyl (C=O) groups excluding carboxylic acids is 2. The number of rotatable bonds is 13. The number of methoxy groups -OCH3 is 4. The van der Waals surface area contributed by atoms with Gasteiger partial charge in [-0.15, -0.1) is 0 Å². The number of carbonyl (C=O) groups is 2. The predicted molar refractivity (Wildman–Crippen MR) is 217 cm³/mol. The predicted octanol–water partition coefficient (Wildman–Crippen LogP) is 8.51. The van der Waals surface area contributed by atoms with Gasteiger partial charge in [0.25, 0.3) is 0 Å². The molecule has 6 rings (SSSR count). The Kier molecular flexibility index (Phi) is 13.4. The number of halogens is 2. The SMILES string of the molecule is CNc1nc2ccc(Oc3cc(Cl)c(CC(=O)OC)cc3OC)c(N)c2s1.CNc1nc2ccc(Oc3cc(Cl)c(CC(=O)OC)cc3OC)c([N+](=O)[O-])c2s1. The van der Waals surface area contributed by atoms with Crippen LogP contribution < -0.4 is 35.3 Å². The number of thiazole rings is 2. The molecule has 2 heterocycles. The number of fused-ring (bicyclic) bond motifs is 2. The lowest BCUT2D eigenvalue weighted by Gasteiger charge is -2.14. The molecule has 0 atom stereocenters. The van der Waals surface area contributed by atoms with Crippen LogP contribution in [0.2, 0.25) is 10.0 Å². The van der Waals surface area contributed by atoms with Gasteiger partial charge in [0.1, 0.15) is 4.70 Å². The summed E-state index contributed by atoms with van der Waals surface area (Å²) in [6.07, 6.45) is -0.0144. The maximum absolute atomic E-state index is 11.7. The normalized spacial score (nSPS) is 10.6. The van der Waals surface area contributed by atoms with E-state index in [-0.39, 0.29) is 40.8 Å². The number of aromatic nitrogens is 2. The number of nitrogens with two attached hydrogens (primary N) is 1. The summed E-state index contributed by atoms with van der Waals surface area (Å²) < 4.78 is 33.0. The van der Waals surface area contributed by atoms with Gasteiger partial charge in [-0.05, 0) is 47.5 Å². The molecule has 6 aromatic rings. The minimum atomic E-state index is -0.519. The Balaban J connectivity index is 0.000000215. The van der Waals surface area contributed by atoms with Gasteiger partial charge in [-0.3, -0.25) is 19.7 Å². The van der Waals surface area contributed by atoms with E-state index in [1.165, 1.54) is 58.0 Å². The number of nitrogen functional groups attached to an aromatic ring is 1. The standard InChI is InChI=1S/C18H16ClN3O6S.C18H18ClN3O4S/c1-20-18-21-11-4-5-12(16(22(24)25)17(11)29-18)28-14-8-10(19)9(6-13(14)26-2)7-15(23)27-3;1-21-18-22-11-4-5-12(16(20)17(11)27-18)26-14-8-10(19)9(6-13(14)24-2)7-15(23)25-3/h4-6,8H,7H2,1-3H3,(H,20,21);4-6,8H,7,20H2,1-3H3,(H,21,22). The highest BCUT2D eigenvalue weighted by Gasteiger charge is 2.25. The van der Waals surface area contributed by atoms with E-state index in [1.807, 2.05) is 6.07 Å². The highest BCUT2D eigenvalue weighted by molar-refractivity contribution is 7.23. The molecular weight excluding hydrogens is 811 g/mol. The molecule has 0 aliphatic rings. The highest BCUT2D eigenvalue weighted by atomic mass is 35.5. The molecule has 0 saturated heterocycles. The van der Waals surface area contributed by atoms with Crippen molar-refractivity contribution in [2.75, 3.05) is 58.9 Å². The summed E-state index contributed by atoms with van der Waals surface area (Å²) in [6, 6.07) is 12.9. The third-order valence-electron chi connectivity index (χ3n) is 7.89. The zero-order valence-electron chi connectivity index (χ0n) is 30.6. The van der Waals surface area contributed by atoms with Crippen molar-refractivity contribution >= 4 is 99.9 Å². The number of hydrogen-bond acceptors (Lipinski definition) is 17. The summed E-state index contributed by atoms with van der Waals surface area (Å²) >= 11 is 15.1. The molecule has 0 amide bonds. The number of benzene rings is 4. The van der Waals surface area contributed by atoms with Gasteiger partial charge in [-0.25, -0.2) is 9.97 Å². The van der Waals surface area contributed by atoms with E-state index in [2.05, 4.69) is 30.1 Å². The lowest BCUT2D eigenvalue weighted by Crippen LogP contribution is -2.05. The second-order valence-electron chi connectivity index (χ2n) is 11.3. The van der Waals surface area contributed by atoms with Gasteiger partial charge in [-0.1, -0.05) is 45.9 Å². The minimum absolute atomic E-state index is 0.0175. The van der Waals surface area contributed by atoms with Crippen LogP contribution in [0.25, 0.3) is 20.4 Å². The van der Waals surface area contributed by atoms with Crippen LogP contribution in [0.4, 0.5) is 21.6 Å². The van der Waals surface area contributed by atoms with E-state index >= 15 is 0 Å². The monoisotopic (exact) mass is 844 g/mol. The van der Waals surface area contributed by atoms with E-state index in [1.54, 1.807) is 38.4 Å². The molecule has 0 aliphatic carbocycles. The number of nitrogens with zero attached hydrogens (tertiary/aromatic N) is 3. The first-order chi connectivity index (χ1) is 26.8. The van der Waals surface area contributed by atoms with Crippen molar-refractivity contribution in [2.24, 2.45) is 0 Å². The number of nitro groups is 1. The number of ether oxygens (including phenoxy) is 6. The third-order valence-corrected chi connectivity index (χ3v) is 10.8. The van der Waals surface area contributed by atoms with Gasteiger partial charge in [0.15, 0.2) is 39.0 Å². The summed E-state index contributed by atoms with van der Waals surface area (Å²) in [7, 11) is 9.00. The average molecular weight is 846 g/mol. The topological polar surface area (TPSA) is 209 Å². The summed E-state index contributed by atoms with van der Waals surface area (Å²) in [5.74, 6) is 0.878.